The van der Waals surface area contributed by atoms with Gasteiger partial charge in [-0.25, -0.2) is 9.78 Å². The SMILES string of the molecule is Cc1ncc(Cl)cc1C(=O)N[C@H]1CC[C@H](Cn2c(=O)n(-c3ccc4c(=O)[nH]cnc4c3)c3ccccc32)CC1. The van der Waals surface area contributed by atoms with Crippen molar-refractivity contribution in [3.8, 4) is 5.69 Å². The number of carbonyl (C=O) groups is 1. The molecule has 0 bridgehead atoms. The number of imidazole rings is 1. The number of rotatable bonds is 5. The van der Waals surface area contributed by atoms with Gasteiger partial charge in [-0.3, -0.25) is 23.7 Å². The van der Waals surface area contributed by atoms with Crippen LogP contribution in [0.5, 0.6) is 0 Å². The molecule has 3 heterocycles. The minimum Gasteiger partial charge on any atom is -0.349 e. The zero-order chi connectivity index (χ0) is 27.1. The van der Waals surface area contributed by atoms with Gasteiger partial charge in [0.25, 0.3) is 11.5 Å². The molecule has 3 aromatic heterocycles. The number of hydrogen-bond donors (Lipinski definition) is 2. The Kier molecular flexibility index (Phi) is 6.52. The van der Waals surface area contributed by atoms with Gasteiger partial charge in [-0.05, 0) is 74.9 Å². The van der Waals surface area contributed by atoms with Gasteiger partial charge in [0.1, 0.15) is 0 Å². The molecule has 1 amide bonds. The van der Waals surface area contributed by atoms with Crippen molar-refractivity contribution in [1.29, 1.82) is 0 Å². The molecule has 39 heavy (non-hydrogen) atoms. The molecule has 5 aromatic rings. The zero-order valence-electron chi connectivity index (χ0n) is 21.4. The van der Waals surface area contributed by atoms with Gasteiger partial charge in [-0.2, -0.15) is 0 Å². The van der Waals surface area contributed by atoms with Crippen LogP contribution in [0.3, 0.4) is 0 Å². The zero-order valence-corrected chi connectivity index (χ0v) is 22.1. The van der Waals surface area contributed by atoms with E-state index in [4.69, 9.17) is 11.6 Å². The molecule has 10 heteroatoms. The van der Waals surface area contributed by atoms with Crippen LogP contribution in [0.4, 0.5) is 0 Å². The first-order valence-electron chi connectivity index (χ1n) is 13.0. The highest BCUT2D eigenvalue weighted by Gasteiger charge is 2.26. The maximum absolute atomic E-state index is 13.8. The molecule has 198 valence electrons. The Morgan fingerprint density at radius 1 is 1.05 bits per heavy atom. The Balaban J connectivity index is 1.22. The Bertz CT molecular complexity index is 1830. The Labute approximate surface area is 228 Å². The fourth-order valence-electron chi connectivity index (χ4n) is 5.58. The predicted octanol–water partition coefficient (Wildman–Crippen LogP) is 4.37. The molecule has 0 saturated heterocycles. The number of hydrogen-bond acceptors (Lipinski definition) is 5. The van der Waals surface area contributed by atoms with E-state index in [2.05, 4.69) is 20.3 Å². The van der Waals surface area contributed by atoms with Crippen molar-refractivity contribution >= 4 is 39.4 Å². The van der Waals surface area contributed by atoms with Gasteiger partial charge in [-0.1, -0.05) is 23.7 Å². The average molecular weight is 543 g/mol. The van der Waals surface area contributed by atoms with E-state index in [1.165, 1.54) is 12.5 Å². The van der Waals surface area contributed by atoms with E-state index in [9.17, 15) is 14.4 Å². The van der Waals surface area contributed by atoms with Crippen LogP contribution in [0, 0.1) is 12.8 Å². The van der Waals surface area contributed by atoms with E-state index in [1.807, 2.05) is 28.8 Å². The lowest BCUT2D eigenvalue weighted by Crippen LogP contribution is -2.39. The minimum absolute atomic E-state index is 0.0680. The van der Waals surface area contributed by atoms with E-state index in [1.54, 1.807) is 35.8 Å². The number of nitrogens with one attached hydrogen (secondary N) is 2. The summed E-state index contributed by atoms with van der Waals surface area (Å²) in [7, 11) is 0. The summed E-state index contributed by atoms with van der Waals surface area (Å²) < 4.78 is 3.53. The number of nitrogens with zero attached hydrogens (tertiary/aromatic N) is 4. The van der Waals surface area contributed by atoms with Gasteiger partial charge in [0, 0.05) is 18.8 Å². The van der Waals surface area contributed by atoms with Gasteiger partial charge in [0.05, 0.1) is 50.2 Å². The Morgan fingerprint density at radius 3 is 2.62 bits per heavy atom. The molecule has 0 spiro atoms. The first-order valence-corrected chi connectivity index (χ1v) is 13.4. The van der Waals surface area contributed by atoms with E-state index >= 15 is 0 Å². The Morgan fingerprint density at radius 2 is 1.82 bits per heavy atom. The summed E-state index contributed by atoms with van der Waals surface area (Å²) in [6.07, 6.45) is 6.37. The number of pyridine rings is 1. The second-order valence-electron chi connectivity index (χ2n) is 10.1. The number of fused-ring (bicyclic) bond motifs is 2. The predicted molar refractivity (Wildman–Crippen MR) is 151 cm³/mol. The largest absolute Gasteiger partial charge is 0.349 e. The summed E-state index contributed by atoms with van der Waals surface area (Å²) in [4.78, 5) is 49.7. The van der Waals surface area contributed by atoms with Crippen LogP contribution in [-0.4, -0.2) is 36.0 Å². The number of aromatic amines is 1. The summed E-state index contributed by atoms with van der Waals surface area (Å²) >= 11 is 6.04. The highest BCUT2D eigenvalue weighted by molar-refractivity contribution is 6.30. The topological polar surface area (TPSA) is 115 Å². The van der Waals surface area contributed by atoms with Crippen molar-refractivity contribution < 1.29 is 4.79 Å². The number of amides is 1. The minimum atomic E-state index is -0.215. The summed E-state index contributed by atoms with van der Waals surface area (Å²) in [5.74, 6) is 0.151. The van der Waals surface area contributed by atoms with Gasteiger partial charge < -0.3 is 10.3 Å². The summed E-state index contributed by atoms with van der Waals surface area (Å²) in [6.45, 7) is 2.39. The van der Waals surface area contributed by atoms with Crippen LogP contribution in [0.1, 0.15) is 41.7 Å². The Hall–Kier alpha value is -4.24. The number of carbonyl (C=O) groups excluding carboxylic acids is 1. The summed E-state index contributed by atoms with van der Waals surface area (Å²) in [6, 6.07) is 14.7. The normalized spacial score (nSPS) is 17.5. The molecule has 2 aromatic carbocycles. The van der Waals surface area contributed by atoms with Crippen LogP contribution in [0.2, 0.25) is 5.02 Å². The second kappa shape index (κ2) is 10.1. The molecule has 2 N–H and O–H groups in total. The first-order chi connectivity index (χ1) is 18.9. The summed E-state index contributed by atoms with van der Waals surface area (Å²) in [5.41, 5.74) is 3.67. The lowest BCUT2D eigenvalue weighted by molar-refractivity contribution is 0.0919. The van der Waals surface area contributed by atoms with Crippen LogP contribution in [0.25, 0.3) is 27.6 Å². The number of para-hydroxylation sites is 2. The maximum Gasteiger partial charge on any atom is 0.333 e. The van der Waals surface area contributed by atoms with Gasteiger partial charge in [0.15, 0.2) is 0 Å². The van der Waals surface area contributed by atoms with Crippen molar-refractivity contribution in [3.05, 3.63) is 98.2 Å². The average Bonchev–Trinajstić information content (AvgIpc) is 3.22. The number of aryl methyl sites for hydroxylation is 1. The molecule has 0 unspecified atom stereocenters. The molecular formula is C29H27ClN6O3. The van der Waals surface area contributed by atoms with Crippen molar-refractivity contribution in [2.75, 3.05) is 0 Å². The lowest BCUT2D eigenvalue weighted by atomic mass is 9.85. The third kappa shape index (κ3) is 4.74. The molecule has 1 saturated carbocycles. The summed E-state index contributed by atoms with van der Waals surface area (Å²) in [5, 5.41) is 4.05. The fourth-order valence-corrected chi connectivity index (χ4v) is 5.74. The quantitative estimate of drug-likeness (QED) is 0.342. The van der Waals surface area contributed by atoms with Crippen LogP contribution >= 0.6 is 11.6 Å². The number of aromatic nitrogens is 5. The molecule has 1 aliphatic rings. The highest BCUT2D eigenvalue weighted by Crippen LogP contribution is 2.28. The third-order valence-corrected chi connectivity index (χ3v) is 7.85. The van der Waals surface area contributed by atoms with Gasteiger partial charge in [-0.15, -0.1) is 0 Å². The van der Waals surface area contributed by atoms with Gasteiger partial charge >= 0.3 is 5.69 Å². The van der Waals surface area contributed by atoms with Gasteiger partial charge in [0.2, 0.25) is 0 Å². The second-order valence-corrected chi connectivity index (χ2v) is 10.6. The molecule has 6 rings (SSSR count). The third-order valence-electron chi connectivity index (χ3n) is 7.64. The first kappa shape index (κ1) is 25.1. The monoisotopic (exact) mass is 542 g/mol. The van der Waals surface area contributed by atoms with E-state index < -0.39 is 0 Å². The lowest BCUT2D eigenvalue weighted by Gasteiger charge is -2.29. The van der Waals surface area contributed by atoms with Crippen molar-refractivity contribution in [2.45, 2.75) is 45.2 Å². The molecule has 1 fully saturated rings. The molecule has 0 aliphatic heterocycles. The smallest absolute Gasteiger partial charge is 0.333 e. The fraction of sp³-hybridized carbons (Fsp3) is 0.276. The van der Waals surface area contributed by atoms with Crippen molar-refractivity contribution in [2.24, 2.45) is 5.92 Å². The number of H-pyrrole nitrogens is 1. The molecule has 1 aliphatic carbocycles. The van der Waals surface area contributed by atoms with Crippen molar-refractivity contribution in [1.82, 2.24) is 29.4 Å². The standard InChI is InChI=1S/C29H27ClN6O3/c1-17-23(12-19(30)14-31-17)28(38)34-20-8-6-18(7-9-20)15-35-25-4-2-3-5-26(25)36(29(35)39)21-10-11-22-24(13-21)32-16-33-27(22)37/h2-5,10-14,16,18,20H,6-9,15H2,1H3,(H,34,38)(H,32,33,37)/t18-,20-. The van der Waals surface area contributed by atoms with Crippen molar-refractivity contribution in [3.63, 3.8) is 0 Å². The number of benzene rings is 2. The molecule has 0 atom stereocenters. The van der Waals surface area contributed by atoms with E-state index in [-0.39, 0.29) is 23.2 Å². The number of halogens is 1. The maximum atomic E-state index is 13.8. The van der Waals surface area contributed by atoms with Crippen LogP contribution < -0.4 is 16.6 Å². The van der Waals surface area contributed by atoms with E-state index in [0.717, 1.165) is 36.7 Å². The van der Waals surface area contributed by atoms with Crippen LogP contribution in [0.15, 0.2) is 70.6 Å². The highest BCUT2D eigenvalue weighted by atomic mass is 35.5. The molecule has 9 nitrogen and oxygen atoms in total. The molecule has 0 radical (unpaired) electrons. The molecular weight excluding hydrogens is 516 g/mol. The van der Waals surface area contributed by atoms with E-state index in [0.29, 0.717) is 45.3 Å². The van der Waals surface area contributed by atoms with Crippen LogP contribution in [-0.2, 0) is 6.54 Å².